The number of rotatable bonds is 7. The number of anilines is 1. The van der Waals surface area contributed by atoms with E-state index in [2.05, 4.69) is 72.0 Å². The predicted octanol–water partition coefficient (Wildman–Crippen LogP) is 8.76. The molecule has 0 saturated carbocycles. The highest BCUT2D eigenvalue weighted by molar-refractivity contribution is 7.85. The highest BCUT2D eigenvalue weighted by Gasteiger charge is 2.33. The molecule has 4 aromatic rings. The molecule has 0 atom stereocenters. The third-order valence-electron chi connectivity index (χ3n) is 7.01. The van der Waals surface area contributed by atoms with Gasteiger partial charge in [0, 0.05) is 21.3 Å². The van der Waals surface area contributed by atoms with Gasteiger partial charge in [-0.15, -0.1) is 0 Å². The fraction of sp³-hybridized carbons (Fsp3) is 0.286. The molecule has 4 heteroatoms. The lowest BCUT2D eigenvalue weighted by molar-refractivity contribution is 0.589. The molecule has 39 heavy (non-hydrogen) atoms. The summed E-state index contributed by atoms with van der Waals surface area (Å²) >= 11 is 0. The first-order valence-electron chi connectivity index (χ1n) is 13.8. The van der Waals surface area contributed by atoms with Crippen molar-refractivity contribution in [3.8, 4) is 0 Å². The molecule has 4 aromatic carbocycles. The maximum absolute atomic E-state index is 15.2. The Balaban J connectivity index is 1.93. The molecule has 202 valence electrons. The molecule has 1 N–H and O–H groups in total. The molecule has 0 aliphatic carbocycles. The van der Waals surface area contributed by atoms with Crippen LogP contribution in [0.5, 0.6) is 0 Å². The fourth-order valence-electron chi connectivity index (χ4n) is 4.82. The van der Waals surface area contributed by atoms with Crippen molar-refractivity contribution in [2.24, 2.45) is 10.4 Å². The molecule has 0 unspecified atom stereocenters. The largest absolute Gasteiger partial charge is 0.343 e. The molecule has 0 aliphatic rings. The molecule has 3 nitrogen and oxygen atoms in total. The zero-order valence-corrected chi connectivity index (χ0v) is 25.2. The van der Waals surface area contributed by atoms with Gasteiger partial charge in [0.15, 0.2) is 7.14 Å². The molecule has 0 saturated heterocycles. The molecule has 0 aromatic heterocycles. The van der Waals surface area contributed by atoms with Gasteiger partial charge in [-0.3, -0.25) is 0 Å². The topological polar surface area (TPSA) is 41.5 Å². The highest BCUT2D eigenvalue weighted by atomic mass is 31.2. The lowest BCUT2D eigenvalue weighted by atomic mass is 9.91. The lowest BCUT2D eigenvalue weighted by Gasteiger charge is -2.28. The maximum Gasteiger partial charge on any atom is 0.173 e. The molecule has 0 spiro atoms. The summed E-state index contributed by atoms with van der Waals surface area (Å²) in [5, 5.41) is 6.09. The quantitative estimate of drug-likeness (QED) is 0.146. The third-order valence-corrected chi connectivity index (χ3v) is 10.1. The van der Waals surface area contributed by atoms with Gasteiger partial charge in [-0.2, -0.15) is 0 Å². The van der Waals surface area contributed by atoms with Crippen molar-refractivity contribution in [2.75, 3.05) is 5.32 Å². The van der Waals surface area contributed by atoms with E-state index in [1.165, 1.54) is 11.1 Å². The average molecular weight is 537 g/mol. The van der Waals surface area contributed by atoms with Crippen LogP contribution in [-0.4, -0.2) is 5.84 Å². The van der Waals surface area contributed by atoms with Gasteiger partial charge in [-0.25, -0.2) is 4.99 Å². The normalized spacial score (nSPS) is 12.7. The van der Waals surface area contributed by atoms with E-state index in [1.54, 1.807) is 0 Å². The Morgan fingerprint density at radius 2 is 1.13 bits per heavy atom. The van der Waals surface area contributed by atoms with Gasteiger partial charge < -0.3 is 9.88 Å². The standard InChI is InChI=1S/C35H41N2OP/c1-25(2)29-21-16-22-30(26(3)4)33(29)37-34(35(5,6)7)36-31-23-14-15-24-32(31)39(38,27-17-10-8-11-18-27)28-19-12-9-13-20-28/h8-26H,1-7H3,(H,36,37). The molecular weight excluding hydrogens is 495 g/mol. The van der Waals surface area contributed by atoms with Crippen molar-refractivity contribution < 1.29 is 4.57 Å². The number of hydrogen-bond acceptors (Lipinski definition) is 2. The van der Waals surface area contributed by atoms with Crippen molar-refractivity contribution in [3.63, 3.8) is 0 Å². The Morgan fingerprint density at radius 3 is 1.59 bits per heavy atom. The smallest absolute Gasteiger partial charge is 0.173 e. The third kappa shape index (κ3) is 6.10. The summed E-state index contributed by atoms with van der Waals surface area (Å²) < 4.78 is 15.2. The second-order valence-corrected chi connectivity index (χ2v) is 14.5. The number of nitrogens with one attached hydrogen (secondary N) is 1. The number of nitrogens with zero attached hydrogens (tertiary/aromatic N) is 1. The van der Waals surface area contributed by atoms with E-state index in [0.717, 1.165) is 33.1 Å². The minimum atomic E-state index is -3.17. The van der Waals surface area contributed by atoms with Gasteiger partial charge >= 0.3 is 0 Å². The van der Waals surface area contributed by atoms with Crippen molar-refractivity contribution in [2.45, 2.75) is 60.3 Å². The van der Waals surface area contributed by atoms with E-state index in [4.69, 9.17) is 4.99 Å². The highest BCUT2D eigenvalue weighted by Crippen LogP contribution is 2.45. The second-order valence-electron chi connectivity index (χ2n) is 11.7. The van der Waals surface area contributed by atoms with Crippen LogP contribution in [-0.2, 0) is 4.57 Å². The summed E-state index contributed by atoms with van der Waals surface area (Å²) in [5.74, 6) is 1.53. The van der Waals surface area contributed by atoms with Gasteiger partial charge in [0.05, 0.1) is 11.4 Å². The van der Waals surface area contributed by atoms with Crippen LogP contribution in [0.3, 0.4) is 0 Å². The van der Waals surface area contributed by atoms with E-state index in [0.29, 0.717) is 11.8 Å². The number of hydrogen-bond donors (Lipinski definition) is 1. The molecule has 4 rings (SSSR count). The Bertz CT molecular complexity index is 1410. The average Bonchev–Trinajstić information content (AvgIpc) is 2.92. The SMILES string of the molecule is CC(C)c1cccc(C(C)C)c1N=C(Nc1ccccc1P(=O)(c1ccccc1)c1ccccc1)C(C)(C)C. The summed E-state index contributed by atoms with van der Waals surface area (Å²) in [4.78, 5) is 5.35. The van der Waals surface area contributed by atoms with Gasteiger partial charge in [0.1, 0.15) is 5.84 Å². The molecule has 0 aliphatic heterocycles. The molecule has 0 bridgehead atoms. The maximum atomic E-state index is 15.2. The van der Waals surface area contributed by atoms with E-state index >= 15 is 4.57 Å². The number of aliphatic imine (C=N–C) groups is 1. The van der Waals surface area contributed by atoms with E-state index in [1.807, 2.05) is 84.9 Å². The van der Waals surface area contributed by atoms with Crippen molar-refractivity contribution in [1.82, 2.24) is 0 Å². The van der Waals surface area contributed by atoms with E-state index in [9.17, 15) is 0 Å². The van der Waals surface area contributed by atoms with Crippen molar-refractivity contribution in [1.29, 1.82) is 0 Å². The Hall–Kier alpha value is -3.42. The fourth-order valence-corrected chi connectivity index (χ4v) is 7.62. The van der Waals surface area contributed by atoms with Crippen molar-refractivity contribution in [3.05, 3.63) is 114 Å². The lowest BCUT2D eigenvalue weighted by Crippen LogP contribution is -2.32. The Labute approximate surface area is 234 Å². The van der Waals surface area contributed by atoms with Gasteiger partial charge in [-0.05, 0) is 35.1 Å². The van der Waals surface area contributed by atoms with Gasteiger partial charge in [0.2, 0.25) is 0 Å². The molecule has 0 radical (unpaired) electrons. The van der Waals surface area contributed by atoms with Crippen LogP contribution in [0.15, 0.2) is 108 Å². The number of para-hydroxylation sites is 2. The molecule has 0 heterocycles. The monoisotopic (exact) mass is 536 g/mol. The van der Waals surface area contributed by atoms with Crippen LogP contribution in [0.1, 0.15) is 71.4 Å². The van der Waals surface area contributed by atoms with E-state index in [-0.39, 0.29) is 5.41 Å². The van der Waals surface area contributed by atoms with E-state index < -0.39 is 7.14 Å². The number of benzene rings is 4. The first-order valence-corrected chi connectivity index (χ1v) is 15.5. The summed E-state index contributed by atoms with van der Waals surface area (Å²) in [5.41, 5.74) is 4.03. The minimum absolute atomic E-state index is 0.283. The van der Waals surface area contributed by atoms with Crippen LogP contribution in [0.2, 0.25) is 0 Å². The van der Waals surface area contributed by atoms with Gasteiger partial charge in [-0.1, -0.05) is 139 Å². The molecular formula is C35H41N2OP. The van der Waals surface area contributed by atoms with Crippen LogP contribution >= 0.6 is 7.14 Å². The van der Waals surface area contributed by atoms with Crippen molar-refractivity contribution >= 4 is 40.3 Å². The van der Waals surface area contributed by atoms with Crippen LogP contribution in [0.4, 0.5) is 11.4 Å². The Morgan fingerprint density at radius 1 is 0.667 bits per heavy atom. The summed E-state index contributed by atoms with van der Waals surface area (Å²) in [6, 6.07) is 34.1. The van der Waals surface area contributed by atoms with Crippen LogP contribution in [0, 0.1) is 5.41 Å². The minimum Gasteiger partial charge on any atom is -0.343 e. The summed E-state index contributed by atoms with van der Waals surface area (Å²) in [7, 11) is -3.17. The van der Waals surface area contributed by atoms with Gasteiger partial charge in [0.25, 0.3) is 0 Å². The summed E-state index contributed by atoms with van der Waals surface area (Å²) in [6.07, 6.45) is 0. The zero-order chi connectivity index (χ0) is 28.2. The zero-order valence-electron chi connectivity index (χ0n) is 24.3. The number of amidine groups is 1. The summed E-state index contributed by atoms with van der Waals surface area (Å²) in [6.45, 7) is 15.4. The second kappa shape index (κ2) is 11.8. The van der Waals surface area contributed by atoms with Crippen LogP contribution < -0.4 is 21.2 Å². The Kier molecular flexibility index (Phi) is 8.62. The van der Waals surface area contributed by atoms with Crippen LogP contribution in [0.25, 0.3) is 0 Å². The first kappa shape index (κ1) is 28.6. The first-order chi connectivity index (χ1) is 18.5. The predicted molar refractivity (Wildman–Crippen MR) is 171 cm³/mol. The molecule has 0 amide bonds. The molecule has 0 fully saturated rings.